The fraction of sp³-hybridized carbons (Fsp3) is 0.500. The number of rotatable bonds is 5. The van der Waals surface area contributed by atoms with Crippen LogP contribution >= 0.6 is 0 Å². The molecule has 0 aliphatic heterocycles. The van der Waals surface area contributed by atoms with Crippen LogP contribution < -0.4 is 5.32 Å². The van der Waals surface area contributed by atoms with Crippen LogP contribution in [0.1, 0.15) is 37.7 Å². The molecule has 3 atom stereocenters. The summed E-state index contributed by atoms with van der Waals surface area (Å²) in [6.07, 6.45) is 1.86. The predicted molar refractivity (Wildman–Crippen MR) is 74.1 cm³/mol. The van der Waals surface area contributed by atoms with Crippen LogP contribution in [0.15, 0.2) is 18.2 Å². The largest absolute Gasteiger partial charge is 0.480 e. The second-order valence-electron chi connectivity index (χ2n) is 6.36. The highest BCUT2D eigenvalue weighted by atomic mass is 19.1. The maximum Gasteiger partial charge on any atom is 0.329 e. The van der Waals surface area contributed by atoms with Crippen molar-refractivity contribution in [3.05, 3.63) is 35.4 Å². The van der Waals surface area contributed by atoms with Crippen LogP contribution in [0.5, 0.6) is 0 Å². The average molecular weight is 309 g/mol. The first kappa shape index (κ1) is 14.9. The highest BCUT2D eigenvalue weighted by Crippen LogP contribution is 2.50. The van der Waals surface area contributed by atoms with E-state index in [0.717, 1.165) is 25.0 Å². The molecule has 1 aromatic carbocycles. The average Bonchev–Trinajstić information content (AvgIpc) is 3.31. The Hall–Kier alpha value is -1.98. The molecule has 0 heterocycles. The molecule has 1 aromatic rings. The number of carboxylic acid groups (broad SMARTS) is 1. The molecule has 118 valence electrons. The van der Waals surface area contributed by atoms with Crippen LogP contribution in [-0.2, 0) is 9.59 Å². The molecular formula is C16H17F2NO3. The quantitative estimate of drug-likeness (QED) is 0.878. The van der Waals surface area contributed by atoms with Crippen LogP contribution in [0.3, 0.4) is 0 Å². The maximum absolute atomic E-state index is 13.7. The maximum atomic E-state index is 13.7. The summed E-state index contributed by atoms with van der Waals surface area (Å²) in [6.45, 7) is 1.49. The lowest BCUT2D eigenvalue weighted by Crippen LogP contribution is -2.54. The van der Waals surface area contributed by atoms with E-state index in [-0.39, 0.29) is 11.5 Å². The zero-order chi connectivity index (χ0) is 16.1. The number of nitrogens with one attached hydrogen (secondary N) is 1. The lowest BCUT2D eigenvalue weighted by Gasteiger charge is -2.26. The topological polar surface area (TPSA) is 66.4 Å². The molecule has 2 aliphatic rings. The van der Waals surface area contributed by atoms with Gasteiger partial charge in [0.1, 0.15) is 17.2 Å². The normalized spacial score (nSPS) is 26.1. The van der Waals surface area contributed by atoms with Gasteiger partial charge in [-0.05, 0) is 44.2 Å². The lowest BCUT2D eigenvalue weighted by atomic mass is 9.95. The molecule has 0 saturated heterocycles. The van der Waals surface area contributed by atoms with Crippen molar-refractivity contribution in [2.45, 2.75) is 37.6 Å². The Morgan fingerprint density at radius 1 is 1.27 bits per heavy atom. The van der Waals surface area contributed by atoms with Gasteiger partial charge in [0.05, 0.1) is 0 Å². The van der Waals surface area contributed by atoms with Crippen molar-refractivity contribution in [2.24, 2.45) is 11.8 Å². The monoisotopic (exact) mass is 309 g/mol. The van der Waals surface area contributed by atoms with Gasteiger partial charge < -0.3 is 10.4 Å². The summed E-state index contributed by atoms with van der Waals surface area (Å²) in [5.41, 5.74) is -1.37. The molecule has 6 heteroatoms. The minimum atomic E-state index is -1.29. The van der Waals surface area contributed by atoms with Gasteiger partial charge >= 0.3 is 5.97 Å². The number of hydrogen-bond donors (Lipinski definition) is 2. The molecule has 22 heavy (non-hydrogen) atoms. The molecule has 4 nitrogen and oxygen atoms in total. The van der Waals surface area contributed by atoms with Crippen molar-refractivity contribution >= 4 is 11.9 Å². The standard InChI is InChI=1S/C16H17F2NO3/c1-16(15(21)22,8-5-6-8)19-14(20)10-7-9(10)13-11(17)3-2-4-12(13)18/h2-4,8-10H,5-7H2,1H3,(H,19,20)(H,21,22)/t9-,10+,16+/m0/s1. The van der Waals surface area contributed by atoms with Gasteiger partial charge in [0.2, 0.25) is 5.91 Å². The predicted octanol–water partition coefficient (Wildman–Crippen LogP) is 2.44. The van der Waals surface area contributed by atoms with E-state index in [4.69, 9.17) is 0 Å². The van der Waals surface area contributed by atoms with Crippen LogP contribution in [0.25, 0.3) is 0 Å². The Morgan fingerprint density at radius 2 is 1.86 bits per heavy atom. The van der Waals surface area contributed by atoms with Crippen molar-refractivity contribution in [1.29, 1.82) is 0 Å². The first-order chi connectivity index (χ1) is 10.3. The number of carboxylic acids is 1. The Balaban J connectivity index is 1.72. The number of amides is 1. The van der Waals surface area contributed by atoms with Crippen LogP contribution in [0, 0.1) is 23.5 Å². The van der Waals surface area contributed by atoms with Crippen molar-refractivity contribution in [3.63, 3.8) is 0 Å². The summed E-state index contributed by atoms with van der Waals surface area (Å²) >= 11 is 0. The fourth-order valence-electron chi connectivity index (χ4n) is 3.01. The Bertz CT molecular complexity index is 624. The summed E-state index contributed by atoms with van der Waals surface area (Å²) in [6, 6.07) is 3.61. The summed E-state index contributed by atoms with van der Waals surface area (Å²) in [7, 11) is 0. The summed E-state index contributed by atoms with van der Waals surface area (Å²) in [5, 5.41) is 11.9. The number of carbonyl (C=O) groups excluding carboxylic acids is 1. The minimum Gasteiger partial charge on any atom is -0.480 e. The van der Waals surface area contributed by atoms with E-state index in [0.29, 0.717) is 6.42 Å². The molecule has 2 fully saturated rings. The molecule has 0 spiro atoms. The van der Waals surface area contributed by atoms with E-state index >= 15 is 0 Å². The van der Waals surface area contributed by atoms with Crippen molar-refractivity contribution in [3.8, 4) is 0 Å². The second-order valence-corrected chi connectivity index (χ2v) is 6.36. The van der Waals surface area contributed by atoms with Gasteiger partial charge in [-0.3, -0.25) is 4.79 Å². The number of carbonyl (C=O) groups is 2. The molecule has 2 aliphatic carbocycles. The van der Waals surface area contributed by atoms with Crippen molar-refractivity contribution in [1.82, 2.24) is 5.32 Å². The lowest BCUT2D eigenvalue weighted by molar-refractivity contribution is -0.148. The molecule has 0 unspecified atom stereocenters. The number of aliphatic carboxylic acids is 1. The van der Waals surface area contributed by atoms with E-state index in [2.05, 4.69) is 5.32 Å². The number of hydrogen-bond acceptors (Lipinski definition) is 2. The van der Waals surface area contributed by atoms with Gasteiger partial charge in [-0.2, -0.15) is 0 Å². The summed E-state index contributed by atoms with van der Waals surface area (Å²) in [4.78, 5) is 23.7. The van der Waals surface area contributed by atoms with Crippen LogP contribution in [0.4, 0.5) is 8.78 Å². The number of halogens is 2. The highest BCUT2D eigenvalue weighted by Gasteiger charge is 2.53. The van der Waals surface area contributed by atoms with Gasteiger partial charge in [0.15, 0.2) is 0 Å². The minimum absolute atomic E-state index is 0.0728. The zero-order valence-corrected chi connectivity index (χ0v) is 12.1. The summed E-state index contributed by atoms with van der Waals surface area (Å²) in [5.74, 6) is -3.99. The first-order valence-corrected chi connectivity index (χ1v) is 7.34. The van der Waals surface area contributed by atoms with E-state index in [9.17, 15) is 23.5 Å². The third kappa shape index (κ3) is 2.46. The van der Waals surface area contributed by atoms with E-state index in [1.165, 1.54) is 13.0 Å². The molecular weight excluding hydrogens is 292 g/mol. The van der Waals surface area contributed by atoms with Gasteiger partial charge in [-0.15, -0.1) is 0 Å². The summed E-state index contributed by atoms with van der Waals surface area (Å²) < 4.78 is 27.4. The molecule has 0 bridgehead atoms. The van der Waals surface area contributed by atoms with Crippen LogP contribution in [-0.4, -0.2) is 22.5 Å². The van der Waals surface area contributed by atoms with Gasteiger partial charge in [0.25, 0.3) is 0 Å². The molecule has 0 aromatic heterocycles. The number of benzene rings is 1. The van der Waals surface area contributed by atoms with Gasteiger partial charge in [-0.1, -0.05) is 6.07 Å². The molecule has 2 N–H and O–H groups in total. The molecule has 1 amide bonds. The Morgan fingerprint density at radius 3 is 2.36 bits per heavy atom. The first-order valence-electron chi connectivity index (χ1n) is 7.34. The second kappa shape index (κ2) is 5.04. The van der Waals surface area contributed by atoms with Crippen molar-refractivity contribution in [2.75, 3.05) is 0 Å². The fourth-order valence-corrected chi connectivity index (χ4v) is 3.01. The SMILES string of the molecule is C[C@](NC(=O)[C@@H]1C[C@@H]1c1c(F)cccc1F)(C(=O)O)C1CC1. The van der Waals surface area contributed by atoms with E-state index in [1.807, 2.05) is 0 Å². The van der Waals surface area contributed by atoms with E-state index < -0.39 is 40.9 Å². The van der Waals surface area contributed by atoms with E-state index in [1.54, 1.807) is 0 Å². The third-order valence-electron chi connectivity index (χ3n) is 4.72. The zero-order valence-electron chi connectivity index (χ0n) is 12.1. The van der Waals surface area contributed by atoms with Gasteiger partial charge in [-0.25, -0.2) is 13.6 Å². The molecule has 0 radical (unpaired) electrons. The highest BCUT2D eigenvalue weighted by molar-refractivity contribution is 5.90. The van der Waals surface area contributed by atoms with Gasteiger partial charge in [0, 0.05) is 17.4 Å². The smallest absolute Gasteiger partial charge is 0.329 e. The third-order valence-corrected chi connectivity index (χ3v) is 4.72. The Kier molecular flexibility index (Phi) is 3.42. The molecule has 2 saturated carbocycles. The Labute approximate surface area is 126 Å². The van der Waals surface area contributed by atoms with Crippen molar-refractivity contribution < 1.29 is 23.5 Å². The van der Waals surface area contributed by atoms with Crippen LogP contribution in [0.2, 0.25) is 0 Å². The molecule has 3 rings (SSSR count).